The molecule has 0 spiro atoms. The molecule has 33 heavy (non-hydrogen) atoms. The molecule has 0 aliphatic rings. The van der Waals surface area contributed by atoms with Gasteiger partial charge in [-0.1, -0.05) is 29.8 Å². The molecule has 0 unspecified atom stereocenters. The zero-order valence-electron chi connectivity index (χ0n) is 18.7. The van der Waals surface area contributed by atoms with Crippen LogP contribution in [0.5, 0.6) is 5.75 Å². The van der Waals surface area contributed by atoms with Crippen LogP contribution in [0.15, 0.2) is 65.6 Å². The van der Waals surface area contributed by atoms with Crippen molar-refractivity contribution in [2.45, 2.75) is 32.9 Å². The van der Waals surface area contributed by atoms with Crippen LogP contribution in [-0.4, -0.2) is 39.4 Å². The average Bonchev–Trinajstić information content (AvgIpc) is 2.74. The lowest BCUT2D eigenvalue weighted by atomic mass is 10.1. The maximum atomic E-state index is 14.1. The van der Waals surface area contributed by atoms with E-state index in [2.05, 4.69) is 0 Å². The van der Waals surface area contributed by atoms with Crippen LogP contribution in [0.1, 0.15) is 26.3 Å². The van der Waals surface area contributed by atoms with Gasteiger partial charge in [-0.25, -0.2) is 9.18 Å². The topological polar surface area (TPSA) is 71.8 Å². The third-order valence-electron chi connectivity index (χ3n) is 5.15. The molecule has 0 radical (unpaired) electrons. The average molecular weight is 473 g/mol. The van der Waals surface area contributed by atoms with Crippen molar-refractivity contribution in [3.63, 3.8) is 0 Å². The summed E-state index contributed by atoms with van der Waals surface area (Å²) in [5.74, 6) is 0.142. The number of rotatable bonds is 7. The van der Waals surface area contributed by atoms with Crippen LogP contribution in [0.4, 0.5) is 9.18 Å². The van der Waals surface area contributed by atoms with E-state index in [9.17, 15) is 19.1 Å². The molecule has 0 aliphatic heterocycles. The molecule has 3 rings (SSSR count). The molecule has 0 bridgehead atoms. The van der Waals surface area contributed by atoms with E-state index in [-0.39, 0.29) is 25.3 Å². The van der Waals surface area contributed by atoms with Gasteiger partial charge in [0.2, 0.25) is 0 Å². The van der Waals surface area contributed by atoms with Crippen molar-refractivity contribution in [2.75, 3.05) is 13.2 Å². The summed E-state index contributed by atoms with van der Waals surface area (Å²) in [4.78, 5) is 25.0. The van der Waals surface area contributed by atoms with Crippen molar-refractivity contribution in [3.8, 4) is 16.9 Å². The first-order valence-corrected chi connectivity index (χ1v) is 10.8. The fourth-order valence-corrected chi connectivity index (χ4v) is 3.53. The number of amides is 1. The number of pyridine rings is 1. The molecule has 1 heterocycles. The summed E-state index contributed by atoms with van der Waals surface area (Å²) < 4.78 is 21.3. The Kier molecular flexibility index (Phi) is 7.43. The zero-order chi connectivity index (χ0) is 24.2. The quantitative estimate of drug-likeness (QED) is 0.492. The second-order valence-electron chi connectivity index (χ2n) is 8.60. The second kappa shape index (κ2) is 10.1. The highest BCUT2D eigenvalue weighted by molar-refractivity contribution is 6.30. The number of hydrogen-bond donors (Lipinski definition) is 1. The smallest absolute Gasteiger partial charge is 0.407 e. The molecule has 8 heteroatoms. The highest BCUT2D eigenvalue weighted by atomic mass is 35.5. The predicted octanol–water partition coefficient (Wildman–Crippen LogP) is 5.51. The monoisotopic (exact) mass is 472 g/mol. The molecule has 0 atom stereocenters. The summed E-state index contributed by atoms with van der Waals surface area (Å²) in [5, 5.41) is 9.65. The number of ether oxygens (including phenoxy) is 1. The molecular weight excluding hydrogens is 447 g/mol. The van der Waals surface area contributed by atoms with Gasteiger partial charge < -0.3 is 19.3 Å². The van der Waals surface area contributed by atoms with Gasteiger partial charge in [-0.3, -0.25) is 4.79 Å². The van der Waals surface area contributed by atoms with E-state index < -0.39 is 17.4 Å². The van der Waals surface area contributed by atoms with E-state index >= 15 is 0 Å². The number of benzene rings is 2. The third kappa shape index (κ3) is 6.35. The van der Waals surface area contributed by atoms with E-state index in [4.69, 9.17) is 16.3 Å². The minimum Gasteiger partial charge on any atom is -0.492 e. The van der Waals surface area contributed by atoms with E-state index in [1.54, 1.807) is 36.5 Å². The lowest BCUT2D eigenvalue weighted by Gasteiger charge is -2.32. The van der Waals surface area contributed by atoms with Gasteiger partial charge in [0, 0.05) is 28.4 Å². The first-order valence-electron chi connectivity index (χ1n) is 10.4. The van der Waals surface area contributed by atoms with Crippen LogP contribution in [0, 0.1) is 5.82 Å². The number of hydrogen-bond acceptors (Lipinski definition) is 3. The molecule has 1 aromatic heterocycles. The van der Waals surface area contributed by atoms with E-state index in [1.165, 1.54) is 21.6 Å². The molecule has 1 N–H and O–H groups in total. The molecular formula is C25H26ClFN2O4. The number of aromatic nitrogens is 1. The highest BCUT2D eigenvalue weighted by Gasteiger charge is 2.25. The first-order chi connectivity index (χ1) is 15.5. The lowest BCUT2D eigenvalue weighted by molar-refractivity contribution is 0.0892. The number of carboxylic acid groups (broad SMARTS) is 1. The van der Waals surface area contributed by atoms with Gasteiger partial charge in [0.1, 0.15) is 18.2 Å². The van der Waals surface area contributed by atoms with Gasteiger partial charge in [-0.2, -0.15) is 0 Å². The van der Waals surface area contributed by atoms with Crippen LogP contribution in [0.2, 0.25) is 5.02 Å². The second-order valence-corrected chi connectivity index (χ2v) is 9.03. The third-order valence-corrected chi connectivity index (χ3v) is 5.39. The van der Waals surface area contributed by atoms with Crippen LogP contribution < -0.4 is 10.3 Å². The maximum absolute atomic E-state index is 14.1. The molecule has 0 aliphatic carbocycles. The summed E-state index contributed by atoms with van der Waals surface area (Å²) in [6.45, 7) is 6.04. The van der Waals surface area contributed by atoms with Gasteiger partial charge in [-0.05, 0) is 62.2 Å². The minimum atomic E-state index is -0.991. The molecule has 0 fully saturated rings. The Bertz CT molecular complexity index is 1190. The Morgan fingerprint density at radius 1 is 1.09 bits per heavy atom. The number of carbonyl (C=O) groups is 1. The fourth-order valence-electron chi connectivity index (χ4n) is 3.38. The van der Waals surface area contributed by atoms with Gasteiger partial charge >= 0.3 is 6.09 Å². The minimum absolute atomic E-state index is 0.0880. The molecule has 0 saturated carbocycles. The molecule has 6 nitrogen and oxygen atoms in total. The molecule has 0 saturated heterocycles. The van der Waals surface area contributed by atoms with E-state index in [0.717, 1.165) is 11.1 Å². The van der Waals surface area contributed by atoms with Crippen LogP contribution in [0.25, 0.3) is 11.1 Å². The Hall–Kier alpha value is -3.32. The Labute approximate surface area is 196 Å². The SMILES string of the molecule is CC(C)(C)N(CCOc1ccc(-c2ccc(=O)n(Cc3ccc(Cl)cc3F)c2)cc1)C(=O)O. The predicted molar refractivity (Wildman–Crippen MR) is 127 cm³/mol. The van der Waals surface area contributed by atoms with Crippen molar-refractivity contribution in [1.29, 1.82) is 0 Å². The lowest BCUT2D eigenvalue weighted by Crippen LogP contribution is -2.46. The summed E-state index contributed by atoms with van der Waals surface area (Å²) in [6.07, 6.45) is 0.690. The van der Waals surface area contributed by atoms with Gasteiger partial charge in [-0.15, -0.1) is 0 Å². The van der Waals surface area contributed by atoms with Crippen LogP contribution in [0.3, 0.4) is 0 Å². The van der Waals surface area contributed by atoms with E-state index in [0.29, 0.717) is 16.3 Å². The van der Waals surface area contributed by atoms with Crippen molar-refractivity contribution in [3.05, 3.63) is 87.6 Å². The number of halogens is 2. The normalized spacial score (nSPS) is 11.3. The Morgan fingerprint density at radius 3 is 2.36 bits per heavy atom. The Morgan fingerprint density at radius 2 is 1.76 bits per heavy atom. The van der Waals surface area contributed by atoms with Gasteiger partial charge in [0.05, 0.1) is 13.1 Å². The van der Waals surface area contributed by atoms with Crippen molar-refractivity contribution < 1.29 is 19.0 Å². The maximum Gasteiger partial charge on any atom is 0.407 e. The summed E-state index contributed by atoms with van der Waals surface area (Å²) in [5.41, 5.74) is 1.26. The van der Waals surface area contributed by atoms with Crippen LogP contribution in [-0.2, 0) is 6.54 Å². The standard InChI is InChI=1S/C25H26ClFN2O4/c1-25(2,3)29(24(31)32)12-13-33-21-9-5-17(6-10-21)18-7-11-23(30)28(15-18)16-19-4-8-20(26)14-22(19)27/h4-11,14-15H,12-13,16H2,1-3H3,(H,31,32). The zero-order valence-corrected chi connectivity index (χ0v) is 19.5. The summed E-state index contributed by atoms with van der Waals surface area (Å²) in [7, 11) is 0. The molecule has 2 aromatic carbocycles. The molecule has 174 valence electrons. The van der Waals surface area contributed by atoms with Crippen molar-refractivity contribution in [2.24, 2.45) is 0 Å². The summed E-state index contributed by atoms with van der Waals surface area (Å²) >= 11 is 5.80. The van der Waals surface area contributed by atoms with Crippen LogP contribution >= 0.6 is 11.6 Å². The van der Waals surface area contributed by atoms with Gasteiger partial charge in [0.25, 0.3) is 5.56 Å². The highest BCUT2D eigenvalue weighted by Crippen LogP contribution is 2.23. The van der Waals surface area contributed by atoms with Crippen molar-refractivity contribution >= 4 is 17.7 Å². The first kappa shape index (κ1) is 24.3. The number of nitrogens with zero attached hydrogens (tertiary/aromatic N) is 2. The fraction of sp³-hybridized carbons (Fsp3) is 0.280. The van der Waals surface area contributed by atoms with Crippen molar-refractivity contribution in [1.82, 2.24) is 9.47 Å². The summed E-state index contributed by atoms with van der Waals surface area (Å²) in [6, 6.07) is 14.8. The van der Waals surface area contributed by atoms with Gasteiger partial charge in [0.15, 0.2) is 0 Å². The molecule has 3 aromatic rings. The molecule has 1 amide bonds. The Balaban J connectivity index is 1.70. The largest absolute Gasteiger partial charge is 0.492 e. The van der Waals surface area contributed by atoms with E-state index in [1.807, 2.05) is 32.9 Å².